The van der Waals surface area contributed by atoms with Crippen LogP contribution in [-0.2, 0) is 24.2 Å². The minimum absolute atomic E-state index is 0.109. The maximum Gasteiger partial charge on any atom is 0.647 e. The standard InChI is InChI=1S/C42H36N3O7P.C22H20N4/c46-53(50-37-16-19-40-31(22-37)25-43(28-47-40)34-10-4-1-5-11-34,51-38-17-20-41-32(23-38)26-44(29-48-41)35-12-6-2-7-13-35)52-39-18-21-42-33(24-39)27-45(30-49-42)36-14-8-3-9-15-36;1-13-4-3-5-17(10-13)22-25-19-9-7-16(12-21(19)26-22)15-6-8-18-20(11-15)24-14(2)23-18/h1-24H,25-30H2;3-12,22,25-26H,1-2H3,(H,23,24). The number of nitrogens with one attached hydrogen (secondary N) is 3. The number of hydrogen-bond acceptors (Lipinski definition) is 13. The van der Waals surface area contributed by atoms with Gasteiger partial charge in [-0.1, -0.05) is 96.6 Å². The van der Waals surface area contributed by atoms with E-state index < -0.39 is 7.82 Å². The number of fused-ring (bicyclic) bond motifs is 5. The smallest absolute Gasteiger partial charge is 0.473 e. The van der Waals surface area contributed by atoms with Crippen molar-refractivity contribution in [3.8, 4) is 45.6 Å². The molecule has 9 aromatic carbocycles. The zero-order chi connectivity index (χ0) is 53.3. The Morgan fingerprint density at radius 1 is 0.481 bits per heavy atom. The Labute approximate surface area is 458 Å². The maximum absolute atomic E-state index is 14.9. The number of aromatic amines is 1. The zero-order valence-electron chi connectivity index (χ0n) is 43.5. The second-order valence-electron chi connectivity index (χ2n) is 19.9. The van der Waals surface area contributed by atoms with E-state index in [1.165, 1.54) is 22.3 Å². The van der Waals surface area contributed by atoms with Crippen molar-refractivity contribution in [3.05, 3.63) is 240 Å². The van der Waals surface area contributed by atoms with Crippen LogP contribution >= 0.6 is 7.82 Å². The van der Waals surface area contributed by atoms with Gasteiger partial charge in [0.2, 0.25) is 0 Å². The highest BCUT2D eigenvalue weighted by Gasteiger charge is 2.35. The van der Waals surface area contributed by atoms with E-state index in [1.54, 1.807) is 18.2 Å². The molecule has 4 aliphatic rings. The molecule has 0 radical (unpaired) electrons. The Balaban J connectivity index is 0.000000189. The fraction of sp³-hybridized carbons (Fsp3) is 0.141. The van der Waals surface area contributed by atoms with Gasteiger partial charge in [0, 0.05) is 53.4 Å². The molecule has 79 heavy (non-hydrogen) atoms. The molecule has 0 spiro atoms. The first-order valence-corrected chi connectivity index (χ1v) is 27.7. The molecule has 0 aliphatic carbocycles. The van der Waals surface area contributed by atoms with Crippen LogP contribution in [0.3, 0.4) is 0 Å². The van der Waals surface area contributed by atoms with E-state index in [2.05, 4.69) is 103 Å². The highest BCUT2D eigenvalue weighted by atomic mass is 31.2. The van der Waals surface area contributed by atoms with Crippen molar-refractivity contribution >= 4 is 47.3 Å². The Hall–Kier alpha value is -9.52. The molecular formula is C64H56N7O7P. The first-order chi connectivity index (χ1) is 38.7. The van der Waals surface area contributed by atoms with Crippen LogP contribution in [0.1, 0.15) is 39.8 Å². The monoisotopic (exact) mass is 1070 g/mol. The van der Waals surface area contributed by atoms with E-state index >= 15 is 0 Å². The van der Waals surface area contributed by atoms with Gasteiger partial charge in [-0.15, -0.1) is 0 Å². The highest BCUT2D eigenvalue weighted by molar-refractivity contribution is 7.49. The van der Waals surface area contributed by atoms with Crippen LogP contribution < -0.4 is 53.1 Å². The van der Waals surface area contributed by atoms with E-state index in [-0.39, 0.29) is 6.17 Å². The molecule has 3 N–H and O–H groups in total. The van der Waals surface area contributed by atoms with Crippen LogP contribution in [0.4, 0.5) is 28.4 Å². The van der Waals surface area contributed by atoms with Crippen LogP contribution in [0.15, 0.2) is 206 Å². The number of aryl methyl sites for hydroxylation is 2. The third kappa shape index (κ3) is 10.8. The van der Waals surface area contributed by atoms with Gasteiger partial charge in [-0.05, 0) is 146 Å². The van der Waals surface area contributed by atoms with Crippen LogP contribution in [-0.4, -0.2) is 30.2 Å². The lowest BCUT2D eigenvalue weighted by molar-refractivity contribution is 0.281. The second kappa shape index (κ2) is 21.1. The van der Waals surface area contributed by atoms with E-state index in [1.807, 2.05) is 134 Å². The van der Waals surface area contributed by atoms with Crippen molar-refractivity contribution in [1.29, 1.82) is 0 Å². The largest absolute Gasteiger partial charge is 0.647 e. The Morgan fingerprint density at radius 3 is 1.44 bits per heavy atom. The fourth-order valence-electron chi connectivity index (χ4n) is 10.3. The molecular weight excluding hydrogens is 1010 g/mol. The zero-order valence-corrected chi connectivity index (χ0v) is 44.4. The lowest BCUT2D eigenvalue weighted by Crippen LogP contribution is -2.31. The molecule has 14 rings (SSSR count). The van der Waals surface area contributed by atoms with Crippen molar-refractivity contribution in [2.24, 2.45) is 0 Å². The SMILES string of the molecule is Cc1cccc(C2Nc3ccc(-c4ccc5nc(C)[nH]c5c4)cc3N2)c1.O=P(Oc1ccc2c(c1)CN(c1ccccc1)CO2)(Oc1ccc2c(c1)CN(c1ccccc1)CO2)Oc1ccc2c(c1)CN(c1ccccc1)CO2. The lowest BCUT2D eigenvalue weighted by Gasteiger charge is -2.31. The number of anilines is 5. The number of hydrogen-bond donors (Lipinski definition) is 3. The molecule has 394 valence electrons. The summed E-state index contributed by atoms with van der Waals surface area (Å²) in [6.45, 7) is 7.07. The molecule has 1 aromatic heterocycles. The molecule has 0 fully saturated rings. The third-order valence-corrected chi connectivity index (χ3v) is 15.6. The fourth-order valence-corrected chi connectivity index (χ4v) is 11.6. The van der Waals surface area contributed by atoms with Crippen LogP contribution in [0.25, 0.3) is 22.2 Å². The topological polar surface area (TPSA) is 135 Å². The number of rotatable bonds is 11. The van der Waals surface area contributed by atoms with Gasteiger partial charge >= 0.3 is 7.82 Å². The average molecular weight is 1070 g/mol. The van der Waals surface area contributed by atoms with Crippen molar-refractivity contribution in [2.45, 2.75) is 39.6 Å². The minimum atomic E-state index is -4.38. The Morgan fingerprint density at radius 2 is 0.949 bits per heavy atom. The second-order valence-corrected chi connectivity index (χ2v) is 21.3. The van der Waals surface area contributed by atoms with E-state index in [0.29, 0.717) is 57.1 Å². The first kappa shape index (κ1) is 49.1. The predicted molar refractivity (Wildman–Crippen MR) is 311 cm³/mol. The quantitative estimate of drug-likeness (QED) is 0.106. The number of nitrogens with zero attached hydrogens (tertiary/aromatic N) is 4. The Bertz CT molecular complexity index is 3630. The molecule has 14 nitrogen and oxygen atoms in total. The summed E-state index contributed by atoms with van der Waals surface area (Å²) in [5.41, 5.74) is 15.0. The van der Waals surface area contributed by atoms with Gasteiger partial charge in [0.1, 0.15) is 46.5 Å². The number of phosphoric acid groups is 1. The third-order valence-electron chi connectivity index (χ3n) is 14.3. The summed E-state index contributed by atoms with van der Waals surface area (Å²) in [4.78, 5) is 14.1. The summed E-state index contributed by atoms with van der Waals surface area (Å²) in [5, 5.41) is 7.16. The van der Waals surface area contributed by atoms with Crippen LogP contribution in [0.5, 0.6) is 34.5 Å². The molecule has 0 saturated carbocycles. The number of imidazole rings is 1. The summed E-state index contributed by atoms with van der Waals surface area (Å²) >= 11 is 0. The van der Waals surface area contributed by atoms with Crippen molar-refractivity contribution in [3.63, 3.8) is 0 Å². The first-order valence-electron chi connectivity index (χ1n) is 26.3. The Kier molecular flexibility index (Phi) is 13.1. The molecule has 0 saturated heterocycles. The number of aromatic nitrogens is 2. The summed E-state index contributed by atoms with van der Waals surface area (Å²) < 4.78 is 51.8. The molecule has 1 atom stereocenters. The molecule has 0 bridgehead atoms. The van der Waals surface area contributed by atoms with Crippen LogP contribution in [0, 0.1) is 13.8 Å². The summed E-state index contributed by atoms with van der Waals surface area (Å²) in [6, 6.07) is 67.7. The number of H-pyrrole nitrogens is 1. The van der Waals surface area contributed by atoms with Gasteiger partial charge < -0.3 is 58.1 Å². The molecule has 0 amide bonds. The van der Waals surface area contributed by atoms with Crippen molar-refractivity contribution < 1.29 is 32.3 Å². The van der Waals surface area contributed by atoms with Gasteiger partial charge in [-0.3, -0.25) is 0 Å². The predicted octanol–water partition coefficient (Wildman–Crippen LogP) is 14.8. The minimum Gasteiger partial charge on any atom is -0.473 e. The normalized spacial score (nSPS) is 15.0. The molecule has 4 aliphatic heterocycles. The highest BCUT2D eigenvalue weighted by Crippen LogP contribution is 2.52. The lowest BCUT2D eigenvalue weighted by atomic mass is 10.0. The summed E-state index contributed by atoms with van der Waals surface area (Å²) in [7, 11) is -4.38. The summed E-state index contributed by atoms with van der Waals surface area (Å²) in [5.74, 6) is 4.10. The van der Waals surface area contributed by atoms with E-state index in [9.17, 15) is 4.57 Å². The van der Waals surface area contributed by atoms with Gasteiger partial charge in [-0.25, -0.2) is 4.98 Å². The number of phosphoric ester groups is 1. The van der Waals surface area contributed by atoms with Crippen molar-refractivity contribution in [1.82, 2.24) is 9.97 Å². The number of para-hydroxylation sites is 3. The van der Waals surface area contributed by atoms with Gasteiger partial charge in [0.05, 0.1) is 22.4 Å². The molecule has 1 unspecified atom stereocenters. The van der Waals surface area contributed by atoms with Crippen LogP contribution in [0.2, 0.25) is 0 Å². The molecule has 5 heterocycles. The van der Waals surface area contributed by atoms with E-state index in [4.69, 9.17) is 27.8 Å². The summed E-state index contributed by atoms with van der Waals surface area (Å²) in [6.07, 6.45) is 0.109. The maximum atomic E-state index is 14.9. The molecule has 15 heteroatoms. The number of ether oxygens (including phenoxy) is 3. The van der Waals surface area contributed by atoms with E-state index in [0.717, 1.165) is 79.2 Å². The van der Waals surface area contributed by atoms with Gasteiger partial charge in [0.25, 0.3) is 0 Å². The average Bonchev–Trinajstić information content (AvgIpc) is 4.13. The number of benzene rings is 9. The van der Waals surface area contributed by atoms with Gasteiger partial charge in [0.15, 0.2) is 20.2 Å². The molecule has 10 aromatic rings. The van der Waals surface area contributed by atoms with Crippen molar-refractivity contribution in [2.75, 3.05) is 45.5 Å². The van der Waals surface area contributed by atoms with Gasteiger partial charge in [-0.2, -0.15) is 4.57 Å².